The third-order valence-electron chi connectivity index (χ3n) is 4.02. The maximum atomic E-state index is 12.5. The van der Waals surface area contributed by atoms with Crippen molar-refractivity contribution in [1.29, 1.82) is 0 Å². The third-order valence-corrected chi connectivity index (χ3v) is 4.02. The molecule has 1 aliphatic heterocycles. The number of carbonyl (C=O) groups is 2. The molecular weight excluding hydrogens is 324 g/mol. The molecule has 2 heterocycles. The summed E-state index contributed by atoms with van der Waals surface area (Å²) in [5.74, 6) is -0.121. The standard InChI is InChI=1S/C18H18N2O5/c1-24-15-6-3-2-5-12(15)14-11-13(16-7-4-10-25-16)19-20(14)17(21)8-9-18(22)23/h2-7,10,14H,8-9,11H2,1H3,(H,22,23)/t14-/m1/s1. The molecule has 0 spiro atoms. The fourth-order valence-electron chi connectivity index (χ4n) is 2.84. The van der Waals surface area contributed by atoms with Crippen molar-refractivity contribution in [3.8, 4) is 5.75 Å². The zero-order valence-electron chi connectivity index (χ0n) is 13.7. The van der Waals surface area contributed by atoms with Gasteiger partial charge in [0.25, 0.3) is 0 Å². The van der Waals surface area contributed by atoms with Crippen molar-refractivity contribution in [2.24, 2.45) is 5.10 Å². The van der Waals surface area contributed by atoms with E-state index in [1.165, 1.54) is 5.01 Å². The van der Waals surface area contributed by atoms with Gasteiger partial charge in [0.15, 0.2) is 0 Å². The summed E-state index contributed by atoms with van der Waals surface area (Å²) < 4.78 is 10.8. The summed E-state index contributed by atoms with van der Waals surface area (Å²) in [5, 5.41) is 14.6. The molecule has 1 aliphatic rings. The van der Waals surface area contributed by atoms with Crippen LogP contribution in [-0.2, 0) is 9.59 Å². The summed E-state index contributed by atoms with van der Waals surface area (Å²) in [6, 6.07) is 10.6. The van der Waals surface area contributed by atoms with Gasteiger partial charge in [-0.05, 0) is 18.2 Å². The number of hydrogen-bond donors (Lipinski definition) is 1. The monoisotopic (exact) mass is 342 g/mol. The van der Waals surface area contributed by atoms with E-state index >= 15 is 0 Å². The highest BCUT2D eigenvalue weighted by Gasteiger charge is 2.35. The van der Waals surface area contributed by atoms with Crippen LogP contribution >= 0.6 is 0 Å². The smallest absolute Gasteiger partial charge is 0.303 e. The number of carbonyl (C=O) groups excluding carboxylic acids is 1. The van der Waals surface area contributed by atoms with E-state index in [-0.39, 0.29) is 24.8 Å². The minimum Gasteiger partial charge on any atom is -0.496 e. The molecule has 1 aromatic heterocycles. The van der Waals surface area contributed by atoms with Crippen LogP contribution in [0.25, 0.3) is 0 Å². The Balaban J connectivity index is 1.92. The highest BCUT2D eigenvalue weighted by Crippen LogP contribution is 2.37. The van der Waals surface area contributed by atoms with Crippen LogP contribution in [0.3, 0.4) is 0 Å². The molecule has 2 aromatic rings. The number of rotatable bonds is 6. The van der Waals surface area contributed by atoms with Gasteiger partial charge in [-0.25, -0.2) is 5.01 Å². The van der Waals surface area contributed by atoms with Crippen LogP contribution in [0.4, 0.5) is 0 Å². The van der Waals surface area contributed by atoms with Gasteiger partial charge in [-0.2, -0.15) is 5.10 Å². The Kier molecular flexibility index (Phi) is 4.83. The number of carboxylic acid groups (broad SMARTS) is 1. The molecule has 1 N–H and O–H groups in total. The summed E-state index contributed by atoms with van der Waals surface area (Å²) in [6.07, 6.45) is 1.66. The Morgan fingerprint density at radius 2 is 2.08 bits per heavy atom. The van der Waals surface area contributed by atoms with E-state index in [1.54, 1.807) is 25.5 Å². The topological polar surface area (TPSA) is 92.3 Å². The maximum absolute atomic E-state index is 12.5. The minimum atomic E-state index is -1.02. The Morgan fingerprint density at radius 1 is 1.28 bits per heavy atom. The van der Waals surface area contributed by atoms with Gasteiger partial charge in [-0.15, -0.1) is 0 Å². The molecular formula is C18H18N2O5. The van der Waals surface area contributed by atoms with Crippen molar-refractivity contribution in [3.05, 3.63) is 54.0 Å². The zero-order chi connectivity index (χ0) is 17.8. The van der Waals surface area contributed by atoms with E-state index in [1.807, 2.05) is 24.3 Å². The van der Waals surface area contributed by atoms with E-state index in [9.17, 15) is 9.59 Å². The molecule has 7 heteroatoms. The van der Waals surface area contributed by atoms with E-state index < -0.39 is 5.97 Å². The number of carboxylic acids is 1. The molecule has 7 nitrogen and oxygen atoms in total. The second-order valence-corrected chi connectivity index (χ2v) is 5.62. The second-order valence-electron chi connectivity index (χ2n) is 5.62. The van der Waals surface area contributed by atoms with Crippen LogP contribution in [0.15, 0.2) is 52.2 Å². The first-order valence-corrected chi connectivity index (χ1v) is 7.88. The van der Waals surface area contributed by atoms with Crippen molar-refractivity contribution in [2.75, 3.05) is 7.11 Å². The van der Waals surface area contributed by atoms with Crippen LogP contribution in [-0.4, -0.2) is 34.8 Å². The van der Waals surface area contributed by atoms with Crippen molar-refractivity contribution >= 4 is 17.6 Å². The number of amides is 1. The number of hydrazone groups is 1. The fourth-order valence-corrected chi connectivity index (χ4v) is 2.84. The van der Waals surface area contributed by atoms with E-state index in [4.69, 9.17) is 14.3 Å². The number of aliphatic carboxylic acids is 1. The highest BCUT2D eigenvalue weighted by molar-refractivity contribution is 6.01. The Labute approximate surface area is 144 Å². The van der Waals surface area contributed by atoms with Crippen LogP contribution in [0.5, 0.6) is 5.75 Å². The predicted molar refractivity (Wildman–Crippen MR) is 89.3 cm³/mol. The molecule has 25 heavy (non-hydrogen) atoms. The first-order valence-electron chi connectivity index (χ1n) is 7.88. The van der Waals surface area contributed by atoms with Crippen molar-refractivity contribution in [1.82, 2.24) is 5.01 Å². The molecule has 0 saturated carbocycles. The molecule has 130 valence electrons. The number of ether oxygens (including phenoxy) is 1. The number of methoxy groups -OCH3 is 1. The first-order chi connectivity index (χ1) is 12.1. The van der Waals surface area contributed by atoms with E-state index in [0.717, 1.165) is 5.56 Å². The predicted octanol–water partition coefficient (Wildman–Crippen LogP) is 2.83. The molecule has 0 bridgehead atoms. The number of para-hydroxylation sites is 1. The second kappa shape index (κ2) is 7.21. The van der Waals surface area contributed by atoms with E-state index in [2.05, 4.69) is 5.10 Å². The normalized spacial score (nSPS) is 16.6. The maximum Gasteiger partial charge on any atom is 0.303 e. The van der Waals surface area contributed by atoms with Gasteiger partial charge in [-0.3, -0.25) is 9.59 Å². The quantitative estimate of drug-likeness (QED) is 0.871. The molecule has 0 radical (unpaired) electrons. The average molecular weight is 342 g/mol. The number of hydrogen-bond acceptors (Lipinski definition) is 5. The summed E-state index contributed by atoms with van der Waals surface area (Å²) in [5.41, 5.74) is 1.46. The largest absolute Gasteiger partial charge is 0.496 e. The molecule has 0 unspecified atom stereocenters. The molecule has 3 rings (SSSR count). The molecule has 1 atom stereocenters. The zero-order valence-corrected chi connectivity index (χ0v) is 13.7. The lowest BCUT2D eigenvalue weighted by Crippen LogP contribution is -2.27. The van der Waals surface area contributed by atoms with Gasteiger partial charge in [0.2, 0.25) is 5.91 Å². The Morgan fingerprint density at radius 3 is 2.76 bits per heavy atom. The number of nitrogens with zero attached hydrogens (tertiary/aromatic N) is 2. The van der Waals surface area contributed by atoms with Gasteiger partial charge in [0.05, 0.1) is 25.8 Å². The summed E-state index contributed by atoms with van der Waals surface area (Å²) in [6.45, 7) is 0. The number of furan rings is 1. The molecule has 1 amide bonds. The summed E-state index contributed by atoms with van der Waals surface area (Å²) >= 11 is 0. The molecule has 1 aromatic carbocycles. The van der Waals surface area contributed by atoms with Crippen LogP contribution in [0.2, 0.25) is 0 Å². The third kappa shape index (κ3) is 3.55. The molecule has 0 saturated heterocycles. The first kappa shape index (κ1) is 16.8. The lowest BCUT2D eigenvalue weighted by molar-refractivity contribution is -0.141. The van der Waals surface area contributed by atoms with Gasteiger partial charge in [0.1, 0.15) is 17.2 Å². The summed E-state index contributed by atoms with van der Waals surface area (Å²) in [4.78, 5) is 23.3. The fraction of sp³-hybridized carbons (Fsp3) is 0.278. The molecule has 0 aliphatic carbocycles. The SMILES string of the molecule is COc1ccccc1[C@H]1CC(c2ccco2)=NN1C(=O)CCC(=O)O. The lowest BCUT2D eigenvalue weighted by atomic mass is 9.99. The van der Waals surface area contributed by atoms with Gasteiger partial charge in [-0.1, -0.05) is 18.2 Å². The molecule has 0 fully saturated rings. The van der Waals surface area contributed by atoms with Crippen molar-refractivity contribution in [3.63, 3.8) is 0 Å². The van der Waals surface area contributed by atoms with Gasteiger partial charge >= 0.3 is 5.97 Å². The Hall–Kier alpha value is -3.09. The Bertz CT molecular complexity index is 798. The minimum absolute atomic E-state index is 0.115. The van der Waals surface area contributed by atoms with Crippen LogP contribution in [0.1, 0.15) is 36.6 Å². The summed E-state index contributed by atoms with van der Waals surface area (Å²) in [7, 11) is 1.57. The van der Waals surface area contributed by atoms with Crippen molar-refractivity contribution in [2.45, 2.75) is 25.3 Å². The van der Waals surface area contributed by atoms with Gasteiger partial charge in [0, 0.05) is 18.4 Å². The highest BCUT2D eigenvalue weighted by atomic mass is 16.5. The van der Waals surface area contributed by atoms with Crippen molar-refractivity contribution < 1.29 is 23.8 Å². The van der Waals surface area contributed by atoms with Gasteiger partial charge < -0.3 is 14.3 Å². The van der Waals surface area contributed by atoms with Crippen LogP contribution in [0, 0.1) is 0 Å². The average Bonchev–Trinajstić information content (AvgIpc) is 3.28. The number of benzene rings is 1. The van der Waals surface area contributed by atoms with Crippen LogP contribution < -0.4 is 4.74 Å². The van der Waals surface area contributed by atoms with E-state index in [0.29, 0.717) is 23.6 Å². The lowest BCUT2D eigenvalue weighted by Gasteiger charge is -2.23.